The molecule has 0 saturated heterocycles. The smallest absolute Gasteiger partial charge is 0.261 e. The van der Waals surface area contributed by atoms with Crippen LogP contribution in [0.1, 0.15) is 27.2 Å². The lowest BCUT2D eigenvalue weighted by Gasteiger charge is -2.10. The van der Waals surface area contributed by atoms with Crippen LogP contribution in [0.5, 0.6) is 0 Å². The molecule has 160 valence electrons. The van der Waals surface area contributed by atoms with Crippen LogP contribution >= 0.6 is 23.1 Å². The zero-order chi connectivity index (χ0) is 22.6. The summed E-state index contributed by atoms with van der Waals surface area (Å²) in [6, 6.07) is 13.1. The van der Waals surface area contributed by atoms with E-state index in [4.69, 9.17) is 5.26 Å². The number of aryl methyl sites for hydroxylation is 3. The van der Waals surface area contributed by atoms with Gasteiger partial charge in [0.25, 0.3) is 15.9 Å². The van der Waals surface area contributed by atoms with Crippen molar-refractivity contribution >= 4 is 49.8 Å². The molecule has 0 atom stereocenters. The number of nitrogens with one attached hydrogen (secondary N) is 2. The lowest BCUT2D eigenvalue weighted by molar-refractivity contribution is 0.102. The Balaban J connectivity index is 1.71. The number of nitrogens with zero attached hydrogens (tertiary/aromatic N) is 2. The summed E-state index contributed by atoms with van der Waals surface area (Å²) in [5, 5.41) is 11.8. The van der Waals surface area contributed by atoms with Gasteiger partial charge >= 0.3 is 0 Å². The van der Waals surface area contributed by atoms with E-state index in [-0.39, 0.29) is 4.90 Å². The molecule has 2 N–H and O–H groups in total. The second-order valence-corrected chi connectivity index (χ2v) is 10.6. The maximum atomic E-state index is 12.7. The van der Waals surface area contributed by atoms with Crippen molar-refractivity contribution in [2.24, 2.45) is 0 Å². The summed E-state index contributed by atoms with van der Waals surface area (Å²) in [7, 11) is -3.78. The summed E-state index contributed by atoms with van der Waals surface area (Å²) in [5.41, 5.74) is 3.60. The van der Waals surface area contributed by atoms with Crippen molar-refractivity contribution in [3.8, 4) is 6.07 Å². The van der Waals surface area contributed by atoms with Crippen molar-refractivity contribution in [3.63, 3.8) is 0 Å². The topological polar surface area (TPSA) is 112 Å². The summed E-state index contributed by atoms with van der Waals surface area (Å²) in [6.07, 6.45) is 0. The number of nitriles is 1. The van der Waals surface area contributed by atoms with Crippen molar-refractivity contribution in [3.05, 3.63) is 64.8 Å². The molecule has 1 heterocycles. The number of amides is 1. The van der Waals surface area contributed by atoms with Crippen molar-refractivity contribution in [1.29, 1.82) is 5.26 Å². The van der Waals surface area contributed by atoms with Crippen LogP contribution in [0.3, 0.4) is 0 Å². The number of carbonyl (C=O) groups excluding carboxylic acids is 1. The summed E-state index contributed by atoms with van der Waals surface area (Å²) >= 11 is 2.66. The minimum atomic E-state index is -3.78. The largest absolute Gasteiger partial charge is 0.298 e. The minimum absolute atomic E-state index is 0.0579. The van der Waals surface area contributed by atoms with Gasteiger partial charge in [0, 0.05) is 11.3 Å². The molecule has 1 aromatic heterocycles. The molecule has 0 saturated carbocycles. The highest BCUT2D eigenvalue weighted by atomic mass is 32.2. The van der Waals surface area contributed by atoms with E-state index in [1.807, 2.05) is 26.8 Å². The molecular formula is C21H20N4O3S3. The Morgan fingerprint density at radius 3 is 2.48 bits per heavy atom. The van der Waals surface area contributed by atoms with E-state index in [1.54, 1.807) is 12.1 Å². The van der Waals surface area contributed by atoms with Gasteiger partial charge in [-0.2, -0.15) is 5.26 Å². The van der Waals surface area contributed by atoms with Gasteiger partial charge in [0.15, 0.2) is 5.13 Å². The van der Waals surface area contributed by atoms with Gasteiger partial charge < -0.3 is 0 Å². The predicted molar refractivity (Wildman–Crippen MR) is 124 cm³/mol. The second-order valence-electron chi connectivity index (χ2n) is 6.72. The molecule has 0 aliphatic rings. The number of benzene rings is 2. The molecule has 0 bridgehead atoms. The summed E-state index contributed by atoms with van der Waals surface area (Å²) in [4.78, 5) is 16.9. The molecule has 10 heteroatoms. The molecule has 1 amide bonds. The van der Waals surface area contributed by atoms with Gasteiger partial charge in [-0.1, -0.05) is 29.2 Å². The molecule has 3 aromatic rings. The van der Waals surface area contributed by atoms with E-state index >= 15 is 0 Å². The third-order valence-electron chi connectivity index (χ3n) is 4.43. The molecule has 0 aliphatic heterocycles. The molecular weight excluding hydrogens is 452 g/mol. The van der Waals surface area contributed by atoms with Gasteiger partial charge in [-0.15, -0.1) is 0 Å². The van der Waals surface area contributed by atoms with Crippen LogP contribution in [0.4, 0.5) is 10.8 Å². The Hall–Kier alpha value is -2.87. The lowest BCUT2D eigenvalue weighted by Crippen LogP contribution is -2.15. The van der Waals surface area contributed by atoms with Crippen LogP contribution in [0.15, 0.2) is 51.6 Å². The highest BCUT2D eigenvalue weighted by Gasteiger charge is 2.17. The molecule has 2 aromatic carbocycles. The number of aromatic nitrogens is 1. The Morgan fingerprint density at radius 1 is 1.13 bits per heavy atom. The number of hydrogen-bond donors (Lipinski definition) is 2. The average molecular weight is 473 g/mol. The maximum absolute atomic E-state index is 12.7. The van der Waals surface area contributed by atoms with Gasteiger partial charge in [-0.05, 0) is 68.3 Å². The Bertz CT molecular complexity index is 1260. The summed E-state index contributed by atoms with van der Waals surface area (Å²) in [5.74, 6) is -0.0839. The van der Waals surface area contributed by atoms with Crippen LogP contribution < -0.4 is 10.0 Å². The molecule has 0 unspecified atom stereocenters. The van der Waals surface area contributed by atoms with Gasteiger partial charge in [-0.3, -0.25) is 14.8 Å². The van der Waals surface area contributed by atoms with Crippen molar-refractivity contribution in [1.82, 2.24) is 4.98 Å². The second kappa shape index (κ2) is 9.51. The Kier molecular flexibility index (Phi) is 7.00. The van der Waals surface area contributed by atoms with Crippen LogP contribution in [0.2, 0.25) is 0 Å². The van der Waals surface area contributed by atoms with E-state index in [0.717, 1.165) is 21.0 Å². The number of carbonyl (C=O) groups is 1. The van der Waals surface area contributed by atoms with Crippen molar-refractivity contribution < 1.29 is 13.2 Å². The fourth-order valence-electron chi connectivity index (χ4n) is 2.64. The fourth-order valence-corrected chi connectivity index (χ4v) is 5.49. The summed E-state index contributed by atoms with van der Waals surface area (Å²) in [6.45, 7) is 5.68. The van der Waals surface area contributed by atoms with Crippen LogP contribution in [0, 0.1) is 32.1 Å². The van der Waals surface area contributed by atoms with Gasteiger partial charge in [0.05, 0.1) is 26.6 Å². The number of anilines is 2. The van der Waals surface area contributed by atoms with E-state index in [2.05, 4.69) is 21.1 Å². The number of sulfonamides is 1. The zero-order valence-corrected chi connectivity index (χ0v) is 19.5. The number of rotatable bonds is 7. The summed E-state index contributed by atoms with van der Waals surface area (Å²) < 4.78 is 28.7. The van der Waals surface area contributed by atoms with E-state index < -0.39 is 15.9 Å². The highest BCUT2D eigenvalue weighted by molar-refractivity contribution is 8.01. The Morgan fingerprint density at radius 2 is 1.84 bits per heavy atom. The standard InChI is InChI=1S/C21H20N4O3S3/c1-13-4-7-17(12-14(13)2)25-31(27,28)18-8-5-16(6-9-18)19(26)24-21-23-15(3)20(30-21)29-11-10-22/h4-9,12,25H,11H2,1-3H3,(H,23,24,26). The molecule has 31 heavy (non-hydrogen) atoms. The quantitative estimate of drug-likeness (QED) is 0.481. The average Bonchev–Trinajstić information content (AvgIpc) is 3.08. The lowest BCUT2D eigenvalue weighted by atomic mass is 10.1. The number of hydrogen-bond acceptors (Lipinski definition) is 7. The predicted octanol–water partition coefficient (Wildman–Crippen LogP) is 4.74. The number of thioether (sulfide) groups is 1. The van der Waals surface area contributed by atoms with E-state index in [9.17, 15) is 13.2 Å². The highest BCUT2D eigenvalue weighted by Crippen LogP contribution is 2.32. The van der Waals surface area contributed by atoms with Gasteiger partial charge in [0.1, 0.15) is 0 Å². The van der Waals surface area contributed by atoms with Crippen LogP contribution in [0.25, 0.3) is 0 Å². The third-order valence-corrected chi connectivity index (χ3v) is 8.13. The normalized spacial score (nSPS) is 11.0. The molecule has 7 nitrogen and oxygen atoms in total. The molecule has 0 radical (unpaired) electrons. The SMILES string of the molecule is Cc1ccc(NS(=O)(=O)c2ccc(C(=O)Nc3nc(C)c(SCC#N)s3)cc2)cc1C. The third kappa shape index (κ3) is 5.64. The first kappa shape index (κ1) is 22.8. The maximum Gasteiger partial charge on any atom is 0.261 e. The first-order valence-electron chi connectivity index (χ1n) is 9.18. The first-order valence-corrected chi connectivity index (χ1v) is 12.5. The monoisotopic (exact) mass is 472 g/mol. The number of thiazole rings is 1. The molecule has 0 spiro atoms. The van der Waals surface area contributed by atoms with Gasteiger partial charge in [0.2, 0.25) is 0 Å². The van der Waals surface area contributed by atoms with Crippen LogP contribution in [-0.4, -0.2) is 25.1 Å². The van der Waals surface area contributed by atoms with E-state index in [1.165, 1.54) is 47.4 Å². The molecule has 0 fully saturated rings. The van der Waals surface area contributed by atoms with E-state index in [0.29, 0.717) is 22.1 Å². The zero-order valence-electron chi connectivity index (χ0n) is 17.1. The first-order chi connectivity index (χ1) is 14.7. The van der Waals surface area contributed by atoms with Crippen molar-refractivity contribution in [2.45, 2.75) is 29.9 Å². The van der Waals surface area contributed by atoms with Crippen molar-refractivity contribution in [2.75, 3.05) is 15.8 Å². The van der Waals surface area contributed by atoms with Crippen LogP contribution in [-0.2, 0) is 10.0 Å². The fraction of sp³-hybridized carbons (Fsp3) is 0.190. The molecule has 3 rings (SSSR count). The van der Waals surface area contributed by atoms with Gasteiger partial charge in [-0.25, -0.2) is 13.4 Å². The Labute approximate surface area is 189 Å². The molecule has 0 aliphatic carbocycles. The minimum Gasteiger partial charge on any atom is -0.298 e.